The van der Waals surface area contributed by atoms with E-state index in [-0.39, 0.29) is 12.2 Å². The molecular formula is C15H21FN2O2. The fourth-order valence-corrected chi connectivity index (χ4v) is 2.42. The number of hydrogen-bond acceptors (Lipinski definition) is 3. The maximum absolute atomic E-state index is 13.7. The molecule has 1 fully saturated rings. The largest absolute Gasteiger partial charge is 0.377 e. The van der Waals surface area contributed by atoms with Gasteiger partial charge < -0.3 is 15.8 Å². The zero-order valence-corrected chi connectivity index (χ0v) is 11.5. The lowest BCUT2D eigenvalue weighted by molar-refractivity contribution is 0.0992. The third-order valence-electron chi connectivity index (χ3n) is 3.66. The van der Waals surface area contributed by atoms with Crippen LogP contribution >= 0.6 is 0 Å². The molecule has 1 amide bonds. The second kappa shape index (κ2) is 7.36. The smallest absolute Gasteiger partial charge is 0.248 e. The first-order chi connectivity index (χ1) is 9.66. The molecule has 0 saturated carbocycles. The molecule has 0 aliphatic carbocycles. The van der Waals surface area contributed by atoms with Gasteiger partial charge in [0.2, 0.25) is 5.91 Å². The number of nitrogens with two attached hydrogens (primary N) is 1. The van der Waals surface area contributed by atoms with Crippen LogP contribution in [0.15, 0.2) is 18.2 Å². The number of halogens is 1. The molecule has 2 rings (SSSR count). The van der Waals surface area contributed by atoms with Crippen molar-refractivity contribution in [3.05, 3.63) is 35.1 Å². The highest BCUT2D eigenvalue weighted by molar-refractivity contribution is 5.92. The minimum atomic E-state index is -0.624. The van der Waals surface area contributed by atoms with Crippen LogP contribution in [0.4, 0.5) is 4.39 Å². The number of nitrogens with one attached hydrogen (secondary N) is 1. The Balaban J connectivity index is 1.74. The van der Waals surface area contributed by atoms with Gasteiger partial charge in [-0.1, -0.05) is 6.07 Å². The van der Waals surface area contributed by atoms with Crippen molar-refractivity contribution in [1.29, 1.82) is 0 Å². The molecule has 1 saturated heterocycles. The van der Waals surface area contributed by atoms with Gasteiger partial charge >= 0.3 is 0 Å². The monoisotopic (exact) mass is 280 g/mol. The maximum Gasteiger partial charge on any atom is 0.248 e. The zero-order valence-electron chi connectivity index (χ0n) is 11.5. The summed E-state index contributed by atoms with van der Waals surface area (Å²) in [6.07, 6.45) is 3.44. The first-order valence-electron chi connectivity index (χ1n) is 7.03. The predicted octanol–water partition coefficient (Wildman–Crippen LogP) is 1.83. The summed E-state index contributed by atoms with van der Waals surface area (Å²) >= 11 is 0. The summed E-state index contributed by atoms with van der Waals surface area (Å²) in [6, 6.07) is 4.23. The highest BCUT2D eigenvalue weighted by atomic mass is 19.1. The molecule has 3 N–H and O–H groups in total. The lowest BCUT2D eigenvalue weighted by atomic mass is 9.97. The van der Waals surface area contributed by atoms with Crippen LogP contribution in [0.3, 0.4) is 0 Å². The molecule has 0 aromatic heterocycles. The Morgan fingerprint density at radius 3 is 3.00 bits per heavy atom. The van der Waals surface area contributed by atoms with Crippen molar-refractivity contribution in [2.75, 3.05) is 19.7 Å². The lowest BCUT2D eigenvalue weighted by Gasteiger charge is -2.22. The summed E-state index contributed by atoms with van der Waals surface area (Å²) in [7, 11) is 0. The fourth-order valence-electron chi connectivity index (χ4n) is 2.42. The van der Waals surface area contributed by atoms with Crippen LogP contribution in [-0.4, -0.2) is 25.6 Å². The summed E-state index contributed by atoms with van der Waals surface area (Å²) in [5, 5.41) is 3.36. The maximum atomic E-state index is 13.7. The number of ether oxygens (including phenoxy) is 1. The topological polar surface area (TPSA) is 64.4 Å². The van der Waals surface area contributed by atoms with Crippen LogP contribution in [0, 0.1) is 11.7 Å². The highest BCUT2D eigenvalue weighted by Gasteiger charge is 2.12. The molecule has 5 heteroatoms. The Labute approximate surface area is 118 Å². The minimum Gasteiger partial charge on any atom is -0.377 e. The second-order valence-electron chi connectivity index (χ2n) is 5.22. The van der Waals surface area contributed by atoms with Gasteiger partial charge in [0.05, 0.1) is 6.61 Å². The number of carbonyl (C=O) groups is 1. The third kappa shape index (κ3) is 4.28. The van der Waals surface area contributed by atoms with Crippen molar-refractivity contribution in [2.24, 2.45) is 11.7 Å². The van der Waals surface area contributed by atoms with Gasteiger partial charge in [0.1, 0.15) is 5.82 Å². The molecule has 1 heterocycles. The van der Waals surface area contributed by atoms with Crippen molar-refractivity contribution in [1.82, 2.24) is 5.32 Å². The average Bonchev–Trinajstić information content (AvgIpc) is 2.46. The number of piperidine rings is 1. The Bertz CT molecular complexity index is 459. The van der Waals surface area contributed by atoms with E-state index >= 15 is 0 Å². The van der Waals surface area contributed by atoms with E-state index in [0.29, 0.717) is 18.1 Å². The zero-order chi connectivity index (χ0) is 14.4. The third-order valence-corrected chi connectivity index (χ3v) is 3.66. The molecule has 20 heavy (non-hydrogen) atoms. The molecule has 1 atom stereocenters. The van der Waals surface area contributed by atoms with E-state index in [4.69, 9.17) is 10.5 Å². The van der Waals surface area contributed by atoms with E-state index in [1.165, 1.54) is 18.9 Å². The summed E-state index contributed by atoms with van der Waals surface area (Å²) in [5.74, 6) is -0.410. The molecule has 0 radical (unpaired) electrons. The first kappa shape index (κ1) is 14.9. The number of hydrogen-bond donors (Lipinski definition) is 2. The van der Waals surface area contributed by atoms with Crippen molar-refractivity contribution >= 4 is 5.91 Å². The predicted molar refractivity (Wildman–Crippen MR) is 74.8 cm³/mol. The first-order valence-corrected chi connectivity index (χ1v) is 7.03. The quantitative estimate of drug-likeness (QED) is 0.781. The van der Waals surface area contributed by atoms with Gasteiger partial charge in [-0.2, -0.15) is 0 Å². The molecule has 1 aliphatic heterocycles. The van der Waals surface area contributed by atoms with Crippen molar-refractivity contribution < 1.29 is 13.9 Å². The number of rotatable bonds is 6. The van der Waals surface area contributed by atoms with E-state index in [1.54, 1.807) is 6.07 Å². The summed E-state index contributed by atoms with van der Waals surface area (Å²) < 4.78 is 19.2. The number of carbonyl (C=O) groups excluding carboxylic acids is 1. The van der Waals surface area contributed by atoms with Crippen LogP contribution in [-0.2, 0) is 11.3 Å². The number of benzene rings is 1. The molecule has 110 valence electrons. The summed E-state index contributed by atoms with van der Waals surface area (Å²) in [6.45, 7) is 3.01. The molecule has 4 nitrogen and oxygen atoms in total. The molecule has 0 spiro atoms. The standard InChI is InChI=1S/C15H21FN2O2/c16-14-8-12(15(17)19)3-4-13(14)10-20-7-5-11-2-1-6-18-9-11/h3-4,8,11,18H,1-2,5-7,9-10H2,(H2,17,19). The Morgan fingerprint density at radius 1 is 1.50 bits per heavy atom. The van der Waals surface area contributed by atoms with E-state index < -0.39 is 11.7 Å². The van der Waals surface area contributed by atoms with Crippen molar-refractivity contribution in [3.63, 3.8) is 0 Å². The van der Waals surface area contributed by atoms with Crippen LogP contribution in [0.25, 0.3) is 0 Å². The normalized spacial score (nSPS) is 18.9. The molecule has 0 bridgehead atoms. The van der Waals surface area contributed by atoms with Crippen molar-refractivity contribution in [3.8, 4) is 0 Å². The fraction of sp³-hybridized carbons (Fsp3) is 0.533. The summed E-state index contributed by atoms with van der Waals surface area (Å²) in [5.41, 5.74) is 5.73. The molecule has 1 unspecified atom stereocenters. The molecule has 1 aliphatic rings. The SMILES string of the molecule is NC(=O)c1ccc(COCCC2CCCNC2)c(F)c1. The number of amides is 1. The molecular weight excluding hydrogens is 259 g/mol. The summed E-state index contributed by atoms with van der Waals surface area (Å²) in [4.78, 5) is 10.9. The Morgan fingerprint density at radius 2 is 2.35 bits per heavy atom. The highest BCUT2D eigenvalue weighted by Crippen LogP contribution is 2.15. The van der Waals surface area contributed by atoms with Gasteiger partial charge in [-0.25, -0.2) is 4.39 Å². The van der Waals surface area contributed by atoms with Crippen LogP contribution in [0.1, 0.15) is 35.2 Å². The average molecular weight is 280 g/mol. The lowest BCUT2D eigenvalue weighted by Crippen LogP contribution is -2.30. The van der Waals surface area contributed by atoms with Gasteiger partial charge in [-0.15, -0.1) is 0 Å². The van der Waals surface area contributed by atoms with Crippen LogP contribution < -0.4 is 11.1 Å². The van der Waals surface area contributed by atoms with Gasteiger partial charge in [-0.05, 0) is 50.4 Å². The number of primary amides is 1. The Kier molecular flexibility index (Phi) is 5.49. The van der Waals surface area contributed by atoms with Gasteiger partial charge in [-0.3, -0.25) is 4.79 Å². The van der Waals surface area contributed by atoms with Crippen LogP contribution in [0.2, 0.25) is 0 Å². The van der Waals surface area contributed by atoms with Gasteiger partial charge in [0.15, 0.2) is 0 Å². The Hall–Kier alpha value is -1.46. The second-order valence-corrected chi connectivity index (χ2v) is 5.22. The van der Waals surface area contributed by atoms with Gasteiger partial charge in [0, 0.05) is 17.7 Å². The van der Waals surface area contributed by atoms with E-state index in [2.05, 4.69) is 5.32 Å². The van der Waals surface area contributed by atoms with Crippen molar-refractivity contribution in [2.45, 2.75) is 25.9 Å². The minimum absolute atomic E-state index is 0.180. The molecule has 1 aromatic rings. The molecule has 1 aromatic carbocycles. The van der Waals surface area contributed by atoms with E-state index in [1.807, 2.05) is 0 Å². The van der Waals surface area contributed by atoms with Crippen LogP contribution in [0.5, 0.6) is 0 Å². The van der Waals surface area contributed by atoms with E-state index in [0.717, 1.165) is 25.6 Å². The van der Waals surface area contributed by atoms with E-state index in [9.17, 15) is 9.18 Å². The van der Waals surface area contributed by atoms with Gasteiger partial charge in [0.25, 0.3) is 0 Å².